The minimum Gasteiger partial charge on any atom is -0.497 e. The van der Waals surface area contributed by atoms with Gasteiger partial charge in [0.1, 0.15) is 11.5 Å². The van der Waals surface area contributed by atoms with E-state index >= 15 is 0 Å². The van der Waals surface area contributed by atoms with Gasteiger partial charge in [-0.2, -0.15) is 0 Å². The number of methoxy groups -OCH3 is 2. The van der Waals surface area contributed by atoms with Gasteiger partial charge < -0.3 is 24.9 Å². The zero-order valence-corrected chi connectivity index (χ0v) is 14.3. The summed E-state index contributed by atoms with van der Waals surface area (Å²) in [6, 6.07) is 14.3. The van der Waals surface area contributed by atoms with Crippen molar-refractivity contribution in [3.63, 3.8) is 0 Å². The van der Waals surface area contributed by atoms with Gasteiger partial charge >= 0.3 is 0 Å². The Morgan fingerprint density at radius 3 is 1.40 bits per heavy atom. The van der Waals surface area contributed by atoms with Crippen molar-refractivity contribution in [1.82, 2.24) is 0 Å². The molecule has 0 heterocycles. The third-order valence-electron chi connectivity index (χ3n) is 4.23. The van der Waals surface area contributed by atoms with E-state index in [2.05, 4.69) is 5.16 Å². The van der Waals surface area contributed by atoms with E-state index in [4.69, 9.17) is 9.47 Å². The molecule has 0 radical (unpaired) electrons. The molecule has 0 spiro atoms. The van der Waals surface area contributed by atoms with Gasteiger partial charge in [0.25, 0.3) is 0 Å². The van der Waals surface area contributed by atoms with Gasteiger partial charge in [-0.1, -0.05) is 29.4 Å². The summed E-state index contributed by atoms with van der Waals surface area (Å²) in [5.41, 5.74) is 1.83. The lowest BCUT2D eigenvalue weighted by Gasteiger charge is -2.23. The van der Waals surface area contributed by atoms with Crippen LogP contribution in [0.15, 0.2) is 53.7 Å². The Labute approximate surface area is 147 Å². The number of ether oxygens (including phenoxy) is 2. The fraction of sp³-hybridized carbons (Fsp3) is 0.316. The molecule has 2 rings (SSSR count). The highest BCUT2D eigenvalue weighted by Gasteiger charge is 2.27. The lowest BCUT2D eigenvalue weighted by Crippen LogP contribution is -2.26. The summed E-state index contributed by atoms with van der Waals surface area (Å²) in [7, 11) is 3.15. The number of hydrogen-bond donors (Lipinski definition) is 3. The molecule has 0 aliphatic carbocycles. The van der Waals surface area contributed by atoms with E-state index in [-0.39, 0.29) is 13.2 Å². The monoisotopic (exact) mass is 345 g/mol. The first-order valence-electron chi connectivity index (χ1n) is 7.89. The molecular formula is C19H23NO5. The van der Waals surface area contributed by atoms with Crippen LogP contribution in [0.2, 0.25) is 0 Å². The van der Waals surface area contributed by atoms with Crippen molar-refractivity contribution < 1.29 is 24.9 Å². The predicted octanol–water partition coefficient (Wildman–Crippen LogP) is 2.39. The van der Waals surface area contributed by atoms with Gasteiger partial charge in [-0.05, 0) is 35.4 Å². The second-order valence-corrected chi connectivity index (χ2v) is 5.54. The van der Waals surface area contributed by atoms with Crippen molar-refractivity contribution in [3.8, 4) is 11.5 Å². The highest BCUT2D eigenvalue weighted by atomic mass is 16.5. The molecule has 0 fully saturated rings. The van der Waals surface area contributed by atoms with Crippen LogP contribution < -0.4 is 9.47 Å². The largest absolute Gasteiger partial charge is 0.497 e. The van der Waals surface area contributed by atoms with E-state index in [1.165, 1.54) is 0 Å². The molecule has 6 nitrogen and oxygen atoms in total. The SMILES string of the molecule is COc1ccc(C(CO)C(=NO)C(CO)c2ccc(OC)cc2)cc1. The molecule has 134 valence electrons. The summed E-state index contributed by atoms with van der Waals surface area (Å²) in [6.07, 6.45) is 0. The number of oxime groups is 1. The topological polar surface area (TPSA) is 91.5 Å². The summed E-state index contributed by atoms with van der Waals surface area (Å²) >= 11 is 0. The Kier molecular flexibility index (Phi) is 6.80. The minimum absolute atomic E-state index is 0.252. The molecule has 0 saturated heterocycles. The third kappa shape index (κ3) is 4.29. The zero-order valence-electron chi connectivity index (χ0n) is 14.3. The second-order valence-electron chi connectivity index (χ2n) is 5.54. The number of hydrogen-bond acceptors (Lipinski definition) is 6. The molecule has 2 aromatic carbocycles. The molecule has 0 aromatic heterocycles. The van der Waals surface area contributed by atoms with Crippen LogP contribution in [0, 0.1) is 0 Å². The number of aliphatic hydroxyl groups is 2. The first-order valence-corrected chi connectivity index (χ1v) is 7.89. The van der Waals surface area contributed by atoms with Crippen LogP contribution in [-0.2, 0) is 0 Å². The Bertz CT molecular complexity index is 624. The van der Waals surface area contributed by atoms with Crippen LogP contribution in [0.3, 0.4) is 0 Å². The standard InChI is InChI=1S/C19H23NO5/c1-24-15-7-3-13(4-8-15)17(11-21)19(20-23)18(12-22)14-5-9-16(25-2)10-6-14/h3-10,17-18,21-23H,11-12H2,1-2H3. The van der Waals surface area contributed by atoms with Gasteiger partial charge in [0.15, 0.2) is 0 Å². The molecule has 6 heteroatoms. The summed E-state index contributed by atoms with van der Waals surface area (Å²) < 4.78 is 10.3. The molecule has 2 atom stereocenters. The lowest BCUT2D eigenvalue weighted by atomic mass is 9.83. The van der Waals surface area contributed by atoms with E-state index in [9.17, 15) is 15.4 Å². The number of nitrogens with zero attached hydrogens (tertiary/aromatic N) is 1. The van der Waals surface area contributed by atoms with E-state index in [1.807, 2.05) is 0 Å². The number of rotatable bonds is 8. The maximum atomic E-state index is 9.86. The van der Waals surface area contributed by atoms with Crippen molar-refractivity contribution >= 4 is 5.71 Å². The summed E-state index contributed by atoms with van der Waals surface area (Å²) in [5, 5.41) is 32.7. The van der Waals surface area contributed by atoms with Crippen LogP contribution in [0.5, 0.6) is 11.5 Å². The summed E-state index contributed by atoms with van der Waals surface area (Å²) in [5.74, 6) is 0.291. The van der Waals surface area contributed by atoms with Crippen molar-refractivity contribution in [3.05, 3.63) is 59.7 Å². The number of aliphatic hydroxyl groups excluding tert-OH is 2. The number of benzene rings is 2. The normalized spacial score (nSPS) is 13.0. The average Bonchev–Trinajstić information content (AvgIpc) is 2.68. The van der Waals surface area contributed by atoms with Gasteiger partial charge in [-0.25, -0.2) is 0 Å². The highest BCUT2D eigenvalue weighted by molar-refractivity contribution is 5.96. The maximum absolute atomic E-state index is 9.86. The molecular weight excluding hydrogens is 322 g/mol. The Morgan fingerprint density at radius 2 is 1.16 bits per heavy atom. The quantitative estimate of drug-likeness (QED) is 0.388. The highest BCUT2D eigenvalue weighted by Crippen LogP contribution is 2.29. The van der Waals surface area contributed by atoms with E-state index < -0.39 is 11.8 Å². The summed E-state index contributed by atoms with van der Waals surface area (Å²) in [6.45, 7) is -0.503. The second kappa shape index (κ2) is 9.05. The molecule has 2 aromatic rings. The molecule has 0 aliphatic rings. The first kappa shape index (κ1) is 18.8. The van der Waals surface area contributed by atoms with Crippen molar-refractivity contribution in [2.75, 3.05) is 27.4 Å². The molecule has 25 heavy (non-hydrogen) atoms. The first-order chi connectivity index (χ1) is 12.2. The smallest absolute Gasteiger partial charge is 0.118 e. The fourth-order valence-corrected chi connectivity index (χ4v) is 2.79. The molecule has 2 unspecified atom stereocenters. The van der Waals surface area contributed by atoms with Crippen molar-refractivity contribution in [1.29, 1.82) is 0 Å². The Morgan fingerprint density at radius 1 is 0.800 bits per heavy atom. The van der Waals surface area contributed by atoms with Crippen LogP contribution >= 0.6 is 0 Å². The predicted molar refractivity (Wildman–Crippen MR) is 94.9 cm³/mol. The fourth-order valence-electron chi connectivity index (χ4n) is 2.79. The minimum atomic E-state index is -0.546. The van der Waals surface area contributed by atoms with E-state index in [1.54, 1.807) is 62.8 Å². The Balaban J connectivity index is 2.34. The summed E-state index contributed by atoms with van der Waals surface area (Å²) in [4.78, 5) is 0. The van der Waals surface area contributed by atoms with Gasteiger partial charge in [0, 0.05) is 11.8 Å². The molecule has 3 N–H and O–H groups in total. The van der Waals surface area contributed by atoms with Crippen molar-refractivity contribution in [2.45, 2.75) is 11.8 Å². The van der Waals surface area contributed by atoms with Crippen LogP contribution in [0.25, 0.3) is 0 Å². The lowest BCUT2D eigenvalue weighted by molar-refractivity contribution is 0.260. The van der Waals surface area contributed by atoms with E-state index in [0.29, 0.717) is 17.2 Å². The van der Waals surface area contributed by atoms with Crippen LogP contribution in [0.4, 0.5) is 0 Å². The zero-order chi connectivity index (χ0) is 18.2. The van der Waals surface area contributed by atoms with Crippen molar-refractivity contribution in [2.24, 2.45) is 5.16 Å². The third-order valence-corrected chi connectivity index (χ3v) is 4.23. The molecule has 0 amide bonds. The maximum Gasteiger partial charge on any atom is 0.118 e. The Hall–Kier alpha value is -2.57. The van der Waals surface area contributed by atoms with Gasteiger partial charge in [0.05, 0.1) is 33.1 Å². The van der Waals surface area contributed by atoms with Gasteiger partial charge in [-0.15, -0.1) is 0 Å². The molecule has 0 saturated carbocycles. The van der Waals surface area contributed by atoms with Gasteiger partial charge in [-0.3, -0.25) is 0 Å². The average molecular weight is 345 g/mol. The van der Waals surface area contributed by atoms with Gasteiger partial charge in [0.2, 0.25) is 0 Å². The molecule has 0 bridgehead atoms. The van der Waals surface area contributed by atoms with Crippen LogP contribution in [0.1, 0.15) is 23.0 Å². The van der Waals surface area contributed by atoms with Crippen LogP contribution in [-0.4, -0.2) is 48.6 Å². The van der Waals surface area contributed by atoms with E-state index in [0.717, 1.165) is 11.1 Å². The molecule has 0 aliphatic heterocycles.